The Kier molecular flexibility index (Phi) is 4.44. The second kappa shape index (κ2) is 5.62. The van der Waals surface area contributed by atoms with E-state index in [0.717, 1.165) is 5.56 Å². The second-order valence-corrected chi connectivity index (χ2v) is 5.43. The van der Waals surface area contributed by atoms with Crippen molar-refractivity contribution in [1.82, 2.24) is 4.72 Å². The maximum Gasteiger partial charge on any atom is 0.241 e. The third kappa shape index (κ3) is 4.02. The molecule has 0 unspecified atom stereocenters. The number of hydrogen-bond acceptors (Lipinski definition) is 3. The van der Waals surface area contributed by atoms with Crippen molar-refractivity contribution in [2.45, 2.75) is 24.8 Å². The summed E-state index contributed by atoms with van der Waals surface area (Å²) in [5, 5.41) is 8.35. The maximum absolute atomic E-state index is 11.9. The largest absolute Gasteiger partial charge is 0.241 e. The zero-order chi connectivity index (χ0) is 12.9. The summed E-state index contributed by atoms with van der Waals surface area (Å²) in [6, 6.07) is 7.99. The van der Waals surface area contributed by atoms with Gasteiger partial charge in [-0.15, -0.1) is 0 Å². The molecular formula is C12H14N2O2S. The number of allylic oxidation sites excluding steroid dienone is 1. The normalized spacial score (nSPS) is 13.5. The Balaban J connectivity index is 2.86. The van der Waals surface area contributed by atoms with Crippen molar-refractivity contribution in [2.75, 3.05) is 0 Å². The Bertz CT molecular complexity index is 539. The minimum absolute atomic E-state index is 0.223. The Morgan fingerprint density at radius 1 is 1.35 bits per heavy atom. The summed E-state index contributed by atoms with van der Waals surface area (Å²) in [5.41, 5.74) is 1.00. The molecule has 1 rings (SSSR count). The SMILES string of the molecule is Cc1ccc(S(=O)(=O)N[C@@H](C)/C=C/C#N)cc1. The molecule has 0 aromatic heterocycles. The van der Waals surface area contributed by atoms with Gasteiger partial charge in [0.25, 0.3) is 0 Å². The summed E-state index contributed by atoms with van der Waals surface area (Å²) in [5.74, 6) is 0. The molecule has 4 nitrogen and oxygen atoms in total. The molecule has 0 saturated carbocycles. The van der Waals surface area contributed by atoms with Crippen molar-refractivity contribution < 1.29 is 8.42 Å². The number of hydrogen-bond donors (Lipinski definition) is 1. The summed E-state index contributed by atoms with van der Waals surface area (Å²) in [7, 11) is -3.52. The van der Waals surface area contributed by atoms with Crippen LogP contribution in [0.1, 0.15) is 12.5 Å². The lowest BCUT2D eigenvalue weighted by Gasteiger charge is -2.10. The van der Waals surface area contributed by atoms with Crippen LogP contribution in [-0.2, 0) is 10.0 Å². The van der Waals surface area contributed by atoms with Gasteiger partial charge in [0, 0.05) is 12.1 Å². The molecular weight excluding hydrogens is 236 g/mol. The molecule has 5 heteroatoms. The highest BCUT2D eigenvalue weighted by atomic mass is 32.2. The number of nitrogens with one attached hydrogen (secondary N) is 1. The van der Waals surface area contributed by atoms with E-state index in [0.29, 0.717) is 0 Å². The van der Waals surface area contributed by atoms with E-state index in [1.54, 1.807) is 31.2 Å². The van der Waals surface area contributed by atoms with E-state index in [4.69, 9.17) is 5.26 Å². The van der Waals surface area contributed by atoms with Crippen LogP contribution in [0.3, 0.4) is 0 Å². The second-order valence-electron chi connectivity index (χ2n) is 3.71. The van der Waals surface area contributed by atoms with Crippen LogP contribution in [0.15, 0.2) is 41.3 Å². The van der Waals surface area contributed by atoms with Crippen LogP contribution in [0.25, 0.3) is 0 Å². The lowest BCUT2D eigenvalue weighted by molar-refractivity contribution is 0.576. The molecule has 0 heterocycles. The van der Waals surface area contributed by atoms with Gasteiger partial charge in [0.15, 0.2) is 0 Å². The number of rotatable bonds is 4. The van der Waals surface area contributed by atoms with Gasteiger partial charge >= 0.3 is 0 Å². The fourth-order valence-corrected chi connectivity index (χ4v) is 2.46. The molecule has 1 aromatic rings. The summed E-state index contributed by atoms with van der Waals surface area (Å²) >= 11 is 0. The smallest absolute Gasteiger partial charge is 0.207 e. The summed E-state index contributed by atoms with van der Waals surface area (Å²) in [6.45, 7) is 3.56. The van der Waals surface area contributed by atoms with Gasteiger partial charge in [-0.3, -0.25) is 0 Å². The lowest BCUT2D eigenvalue weighted by Crippen LogP contribution is -2.31. The van der Waals surface area contributed by atoms with Crippen molar-refractivity contribution in [3.63, 3.8) is 0 Å². The van der Waals surface area contributed by atoms with Crippen molar-refractivity contribution in [3.05, 3.63) is 42.0 Å². The summed E-state index contributed by atoms with van der Waals surface area (Å²) in [4.78, 5) is 0.223. The molecule has 0 fully saturated rings. The van der Waals surface area contributed by atoms with E-state index >= 15 is 0 Å². The first kappa shape index (κ1) is 13.4. The first-order chi connectivity index (χ1) is 7.95. The molecule has 0 saturated heterocycles. The van der Waals surface area contributed by atoms with E-state index < -0.39 is 16.1 Å². The number of benzene rings is 1. The Morgan fingerprint density at radius 3 is 2.47 bits per heavy atom. The average Bonchev–Trinajstić information content (AvgIpc) is 2.26. The van der Waals surface area contributed by atoms with Gasteiger partial charge in [-0.05, 0) is 26.0 Å². The maximum atomic E-state index is 11.9. The topological polar surface area (TPSA) is 70.0 Å². The molecule has 17 heavy (non-hydrogen) atoms. The highest BCUT2D eigenvalue weighted by Gasteiger charge is 2.15. The van der Waals surface area contributed by atoms with Gasteiger partial charge in [-0.1, -0.05) is 23.8 Å². The quantitative estimate of drug-likeness (QED) is 0.827. The van der Waals surface area contributed by atoms with Crippen LogP contribution in [0.4, 0.5) is 0 Å². The Labute approximate surface area is 102 Å². The molecule has 1 aromatic carbocycles. The highest BCUT2D eigenvalue weighted by molar-refractivity contribution is 7.89. The predicted octanol–water partition coefficient (Wildman–Crippen LogP) is 1.74. The lowest BCUT2D eigenvalue weighted by atomic mass is 10.2. The van der Waals surface area contributed by atoms with Crippen LogP contribution in [-0.4, -0.2) is 14.5 Å². The van der Waals surface area contributed by atoms with Gasteiger partial charge in [-0.25, -0.2) is 13.1 Å². The third-order valence-electron chi connectivity index (χ3n) is 2.13. The monoisotopic (exact) mass is 250 g/mol. The van der Waals surface area contributed by atoms with E-state index in [2.05, 4.69) is 4.72 Å². The van der Waals surface area contributed by atoms with Crippen LogP contribution in [0.5, 0.6) is 0 Å². The minimum Gasteiger partial charge on any atom is -0.207 e. The van der Waals surface area contributed by atoms with Gasteiger partial charge < -0.3 is 0 Å². The molecule has 0 amide bonds. The van der Waals surface area contributed by atoms with Crippen molar-refractivity contribution in [2.24, 2.45) is 0 Å². The molecule has 0 spiro atoms. The molecule has 1 N–H and O–H groups in total. The standard InChI is InChI=1S/C12H14N2O2S/c1-10-5-7-12(8-6-10)17(15,16)14-11(2)4-3-9-13/h3-8,11,14H,1-2H3/b4-3+/t11-/m0/s1. The molecule has 0 aliphatic heterocycles. The molecule has 0 aliphatic rings. The van der Waals surface area contributed by atoms with Crippen molar-refractivity contribution in [1.29, 1.82) is 5.26 Å². The van der Waals surface area contributed by atoms with Gasteiger partial charge in [0.05, 0.1) is 11.0 Å². The van der Waals surface area contributed by atoms with Crippen LogP contribution in [0, 0.1) is 18.3 Å². The predicted molar refractivity (Wildman–Crippen MR) is 65.7 cm³/mol. The fraction of sp³-hybridized carbons (Fsp3) is 0.250. The first-order valence-electron chi connectivity index (χ1n) is 5.11. The molecule has 0 bridgehead atoms. The zero-order valence-corrected chi connectivity index (χ0v) is 10.5. The highest BCUT2D eigenvalue weighted by Crippen LogP contribution is 2.10. The molecule has 1 atom stereocenters. The van der Waals surface area contributed by atoms with E-state index in [1.165, 1.54) is 12.2 Å². The first-order valence-corrected chi connectivity index (χ1v) is 6.59. The number of nitriles is 1. The number of nitrogens with zero attached hydrogens (tertiary/aromatic N) is 1. The third-order valence-corrected chi connectivity index (χ3v) is 3.71. The zero-order valence-electron chi connectivity index (χ0n) is 9.71. The van der Waals surface area contributed by atoms with Crippen molar-refractivity contribution >= 4 is 10.0 Å². The fourth-order valence-electron chi connectivity index (χ4n) is 1.26. The van der Waals surface area contributed by atoms with E-state index in [9.17, 15) is 8.42 Å². The number of sulfonamides is 1. The van der Waals surface area contributed by atoms with Crippen LogP contribution in [0.2, 0.25) is 0 Å². The summed E-state index contributed by atoms with van der Waals surface area (Å²) in [6.07, 6.45) is 2.74. The minimum atomic E-state index is -3.52. The summed E-state index contributed by atoms with van der Waals surface area (Å²) < 4.78 is 26.2. The van der Waals surface area contributed by atoms with Gasteiger partial charge in [0.2, 0.25) is 10.0 Å². The van der Waals surface area contributed by atoms with Crippen LogP contribution < -0.4 is 4.72 Å². The molecule has 90 valence electrons. The van der Waals surface area contributed by atoms with E-state index in [-0.39, 0.29) is 4.90 Å². The van der Waals surface area contributed by atoms with Gasteiger partial charge in [0.1, 0.15) is 0 Å². The Hall–Kier alpha value is -1.64. The molecule has 0 radical (unpaired) electrons. The van der Waals surface area contributed by atoms with Gasteiger partial charge in [-0.2, -0.15) is 5.26 Å². The average molecular weight is 250 g/mol. The Morgan fingerprint density at radius 2 is 1.94 bits per heavy atom. The molecule has 0 aliphatic carbocycles. The number of aryl methyl sites for hydroxylation is 1. The van der Waals surface area contributed by atoms with Crippen molar-refractivity contribution in [3.8, 4) is 6.07 Å². The van der Waals surface area contributed by atoms with E-state index in [1.807, 2.05) is 13.0 Å². The van der Waals surface area contributed by atoms with Crippen LogP contribution >= 0.6 is 0 Å².